The van der Waals surface area contributed by atoms with Crippen molar-refractivity contribution < 1.29 is 5.11 Å². The standard InChI is InChI=1S/C13H23BrN2O/c1-9-12(14)11(16(5)15-9)8-10(17)6-7-13(2,3)4/h10,17H,6-8H2,1-5H3. The molecule has 1 aromatic rings. The molecule has 1 rings (SSSR count). The number of aliphatic hydroxyl groups is 1. The number of rotatable bonds is 4. The van der Waals surface area contributed by atoms with Crippen molar-refractivity contribution in [2.75, 3.05) is 0 Å². The highest BCUT2D eigenvalue weighted by Gasteiger charge is 2.17. The van der Waals surface area contributed by atoms with E-state index in [1.165, 1.54) is 0 Å². The summed E-state index contributed by atoms with van der Waals surface area (Å²) in [4.78, 5) is 0. The molecule has 1 aromatic heterocycles. The molecule has 0 fully saturated rings. The fraction of sp³-hybridized carbons (Fsp3) is 0.769. The first-order valence-corrected chi connectivity index (χ1v) is 6.86. The van der Waals surface area contributed by atoms with Gasteiger partial charge in [-0.15, -0.1) is 0 Å². The topological polar surface area (TPSA) is 38.0 Å². The third kappa shape index (κ3) is 4.43. The summed E-state index contributed by atoms with van der Waals surface area (Å²) in [6.07, 6.45) is 2.23. The van der Waals surface area contributed by atoms with Crippen LogP contribution in [-0.4, -0.2) is 21.0 Å². The lowest BCUT2D eigenvalue weighted by atomic mass is 9.88. The predicted molar refractivity (Wildman–Crippen MR) is 74.0 cm³/mol. The molecule has 1 atom stereocenters. The van der Waals surface area contributed by atoms with Crippen LogP contribution in [0.5, 0.6) is 0 Å². The highest BCUT2D eigenvalue weighted by atomic mass is 79.9. The van der Waals surface area contributed by atoms with Crippen molar-refractivity contribution in [1.82, 2.24) is 9.78 Å². The van der Waals surface area contributed by atoms with Gasteiger partial charge in [-0.05, 0) is 41.1 Å². The molecule has 0 spiro atoms. The summed E-state index contributed by atoms with van der Waals surface area (Å²) < 4.78 is 2.87. The fourth-order valence-corrected chi connectivity index (χ4v) is 2.32. The molecule has 0 aliphatic rings. The molecule has 1 heterocycles. The van der Waals surface area contributed by atoms with E-state index in [4.69, 9.17) is 0 Å². The maximum Gasteiger partial charge on any atom is 0.0738 e. The van der Waals surface area contributed by atoms with Crippen molar-refractivity contribution in [1.29, 1.82) is 0 Å². The number of hydrogen-bond donors (Lipinski definition) is 1. The van der Waals surface area contributed by atoms with Crippen LogP contribution in [0.1, 0.15) is 45.0 Å². The zero-order chi connectivity index (χ0) is 13.2. The van der Waals surface area contributed by atoms with E-state index in [9.17, 15) is 5.11 Å². The molecule has 1 N–H and O–H groups in total. The second kappa shape index (κ2) is 5.53. The minimum Gasteiger partial charge on any atom is -0.393 e. The third-order valence-corrected chi connectivity index (χ3v) is 3.95. The third-order valence-electron chi connectivity index (χ3n) is 2.92. The molecule has 17 heavy (non-hydrogen) atoms. The van der Waals surface area contributed by atoms with Gasteiger partial charge in [0.15, 0.2) is 0 Å². The largest absolute Gasteiger partial charge is 0.393 e. The Balaban J connectivity index is 2.59. The van der Waals surface area contributed by atoms with E-state index in [2.05, 4.69) is 41.8 Å². The quantitative estimate of drug-likeness (QED) is 0.927. The molecular weight excluding hydrogens is 280 g/mol. The Morgan fingerprint density at radius 3 is 2.41 bits per heavy atom. The first kappa shape index (κ1) is 14.7. The summed E-state index contributed by atoms with van der Waals surface area (Å²) in [7, 11) is 1.92. The normalized spacial score (nSPS) is 14.1. The van der Waals surface area contributed by atoms with Gasteiger partial charge in [0.05, 0.1) is 22.0 Å². The number of aliphatic hydroxyl groups excluding tert-OH is 1. The van der Waals surface area contributed by atoms with E-state index in [0.29, 0.717) is 6.42 Å². The number of aryl methyl sites for hydroxylation is 2. The zero-order valence-corrected chi connectivity index (χ0v) is 13.0. The Hall–Kier alpha value is -0.350. The van der Waals surface area contributed by atoms with Crippen LogP contribution in [0.15, 0.2) is 4.47 Å². The van der Waals surface area contributed by atoms with Gasteiger partial charge >= 0.3 is 0 Å². The van der Waals surface area contributed by atoms with E-state index in [-0.39, 0.29) is 11.5 Å². The van der Waals surface area contributed by atoms with Gasteiger partial charge in [0.2, 0.25) is 0 Å². The average Bonchev–Trinajstić information content (AvgIpc) is 2.41. The number of halogens is 1. The second-order valence-electron chi connectivity index (χ2n) is 5.93. The van der Waals surface area contributed by atoms with Crippen LogP contribution >= 0.6 is 15.9 Å². The SMILES string of the molecule is Cc1nn(C)c(CC(O)CCC(C)(C)C)c1Br. The summed E-state index contributed by atoms with van der Waals surface area (Å²) in [6, 6.07) is 0. The van der Waals surface area contributed by atoms with Gasteiger partial charge in [0, 0.05) is 13.5 Å². The van der Waals surface area contributed by atoms with Crippen molar-refractivity contribution in [2.45, 2.75) is 53.1 Å². The molecule has 0 bridgehead atoms. The monoisotopic (exact) mass is 302 g/mol. The summed E-state index contributed by atoms with van der Waals surface area (Å²) in [6.45, 7) is 8.56. The van der Waals surface area contributed by atoms with Crippen molar-refractivity contribution in [3.8, 4) is 0 Å². The van der Waals surface area contributed by atoms with Crippen LogP contribution in [0.4, 0.5) is 0 Å². The summed E-state index contributed by atoms with van der Waals surface area (Å²) >= 11 is 3.53. The van der Waals surface area contributed by atoms with Crippen LogP contribution < -0.4 is 0 Å². The van der Waals surface area contributed by atoms with Gasteiger partial charge in [-0.3, -0.25) is 4.68 Å². The molecule has 0 aliphatic heterocycles. The summed E-state index contributed by atoms with van der Waals surface area (Å²) in [5.41, 5.74) is 2.33. The highest BCUT2D eigenvalue weighted by Crippen LogP contribution is 2.25. The molecule has 0 aromatic carbocycles. The molecule has 1 unspecified atom stereocenters. The van der Waals surface area contributed by atoms with E-state index in [1.54, 1.807) is 0 Å². The van der Waals surface area contributed by atoms with E-state index < -0.39 is 0 Å². The van der Waals surface area contributed by atoms with Gasteiger partial charge in [-0.1, -0.05) is 20.8 Å². The molecule has 4 heteroatoms. The van der Waals surface area contributed by atoms with Crippen LogP contribution in [0.2, 0.25) is 0 Å². The minimum atomic E-state index is -0.291. The van der Waals surface area contributed by atoms with Crippen molar-refractivity contribution in [3.63, 3.8) is 0 Å². The Kier molecular flexibility index (Phi) is 4.78. The minimum absolute atomic E-state index is 0.278. The van der Waals surface area contributed by atoms with Crippen LogP contribution in [0, 0.1) is 12.3 Å². The molecular formula is C13H23BrN2O. The first-order chi connectivity index (χ1) is 7.70. The number of hydrogen-bond acceptors (Lipinski definition) is 2. The average molecular weight is 303 g/mol. The van der Waals surface area contributed by atoms with E-state index in [1.807, 2.05) is 18.7 Å². The van der Waals surface area contributed by atoms with Crippen molar-refractivity contribution in [2.24, 2.45) is 12.5 Å². The molecule has 0 aliphatic carbocycles. The predicted octanol–water partition coefficient (Wildman–Crippen LogP) is 3.22. The van der Waals surface area contributed by atoms with Gasteiger partial charge < -0.3 is 5.11 Å². The van der Waals surface area contributed by atoms with E-state index in [0.717, 1.165) is 28.7 Å². The lowest BCUT2D eigenvalue weighted by Crippen LogP contribution is -2.17. The lowest BCUT2D eigenvalue weighted by Gasteiger charge is -2.20. The first-order valence-electron chi connectivity index (χ1n) is 6.07. The Morgan fingerprint density at radius 1 is 1.41 bits per heavy atom. The smallest absolute Gasteiger partial charge is 0.0738 e. The highest BCUT2D eigenvalue weighted by molar-refractivity contribution is 9.10. The molecule has 0 saturated carbocycles. The zero-order valence-electron chi connectivity index (χ0n) is 11.4. The Labute approximate surface area is 112 Å². The number of aromatic nitrogens is 2. The van der Waals surface area contributed by atoms with Gasteiger partial charge in [0.1, 0.15) is 0 Å². The maximum atomic E-state index is 10.1. The lowest BCUT2D eigenvalue weighted by molar-refractivity contribution is 0.143. The molecule has 0 radical (unpaired) electrons. The Morgan fingerprint density at radius 2 is 2.00 bits per heavy atom. The van der Waals surface area contributed by atoms with Crippen LogP contribution in [0.25, 0.3) is 0 Å². The van der Waals surface area contributed by atoms with Crippen molar-refractivity contribution >= 4 is 15.9 Å². The summed E-state index contributed by atoms with van der Waals surface area (Å²) in [5, 5.41) is 14.4. The van der Waals surface area contributed by atoms with Crippen LogP contribution in [-0.2, 0) is 13.5 Å². The number of nitrogens with zero attached hydrogens (tertiary/aromatic N) is 2. The van der Waals surface area contributed by atoms with E-state index >= 15 is 0 Å². The van der Waals surface area contributed by atoms with Gasteiger partial charge in [-0.2, -0.15) is 5.10 Å². The molecule has 0 saturated heterocycles. The van der Waals surface area contributed by atoms with Crippen LogP contribution in [0.3, 0.4) is 0 Å². The summed E-state index contributed by atoms with van der Waals surface area (Å²) in [5.74, 6) is 0. The maximum absolute atomic E-state index is 10.1. The fourth-order valence-electron chi connectivity index (χ4n) is 1.83. The molecule has 0 amide bonds. The second-order valence-corrected chi connectivity index (χ2v) is 6.72. The molecule has 98 valence electrons. The molecule has 3 nitrogen and oxygen atoms in total. The van der Waals surface area contributed by atoms with Gasteiger partial charge in [-0.25, -0.2) is 0 Å². The van der Waals surface area contributed by atoms with Crippen molar-refractivity contribution in [3.05, 3.63) is 15.9 Å². The Bertz CT molecular complexity index is 380. The van der Waals surface area contributed by atoms with Gasteiger partial charge in [0.25, 0.3) is 0 Å².